The van der Waals surface area contributed by atoms with Crippen LogP contribution in [0.2, 0.25) is 0 Å². The van der Waals surface area contributed by atoms with E-state index in [0.717, 1.165) is 6.08 Å². The molecule has 0 unspecified atom stereocenters. The van der Waals surface area contributed by atoms with Crippen LogP contribution in [0.1, 0.15) is 6.92 Å². The molecule has 0 bridgehead atoms. The van der Waals surface area contributed by atoms with Crippen molar-refractivity contribution < 1.29 is 14.1 Å². The van der Waals surface area contributed by atoms with Crippen LogP contribution in [0, 0.1) is 0 Å². The lowest BCUT2D eigenvalue weighted by atomic mass is 10.6. The number of hydrogen-bond acceptors (Lipinski definition) is 3. The number of carbonyl (C=O) groups excluding carboxylic acids is 1. The Morgan fingerprint density at radius 1 is 1.78 bits per heavy atom. The first-order valence-electron chi connectivity index (χ1n) is 2.28. The van der Waals surface area contributed by atoms with Crippen molar-refractivity contribution in [3.63, 3.8) is 0 Å². The van der Waals surface area contributed by atoms with E-state index in [1.54, 1.807) is 6.92 Å². The van der Waals surface area contributed by atoms with Crippen molar-refractivity contribution in [3.05, 3.63) is 12.7 Å². The first-order chi connectivity index (χ1) is 4.31. The summed E-state index contributed by atoms with van der Waals surface area (Å²) >= 11 is 0. The average Bonchev–Trinajstić information content (AvgIpc) is 1.93. The highest BCUT2D eigenvalue weighted by atomic mass is 31.0. The highest BCUT2D eigenvalue weighted by Crippen LogP contribution is 1.74. The van der Waals surface area contributed by atoms with Crippen LogP contribution in [0.3, 0.4) is 0 Å². The molecule has 0 aromatic carbocycles. The van der Waals surface area contributed by atoms with Gasteiger partial charge in [0.2, 0.25) is 0 Å². The number of esters is 1. The zero-order valence-corrected chi connectivity index (χ0v) is 6.06. The molecule has 0 aliphatic carbocycles. The molecule has 0 saturated carbocycles. The van der Waals surface area contributed by atoms with E-state index in [-0.39, 0.29) is 5.97 Å². The van der Waals surface area contributed by atoms with Gasteiger partial charge in [-0.15, -0.1) is 0 Å². The Morgan fingerprint density at radius 3 is 2.33 bits per heavy atom. The molecule has 0 aliphatic rings. The van der Waals surface area contributed by atoms with Gasteiger partial charge in [0.05, 0.1) is 6.61 Å². The van der Waals surface area contributed by atoms with E-state index in [1.807, 2.05) is 0 Å². The molecule has 0 N–H and O–H groups in total. The number of ether oxygens (including phenoxy) is 1. The topological polar surface area (TPSA) is 43.4 Å². The minimum absolute atomic E-state index is 0.359. The van der Waals surface area contributed by atoms with Gasteiger partial charge in [0.25, 0.3) is 9.12 Å². The maximum Gasteiger partial charge on any atom is 0.330 e. The van der Waals surface area contributed by atoms with Gasteiger partial charge in [0.1, 0.15) is 0 Å². The molecule has 0 atom stereocenters. The largest absolute Gasteiger partial charge is 0.463 e. The average molecular weight is 147 g/mol. The Labute approximate surface area is 56.3 Å². The van der Waals surface area contributed by atoms with E-state index < -0.39 is 0 Å². The third-order valence-electron chi connectivity index (χ3n) is 0.453. The number of hydrogen-bond donors (Lipinski definition) is 0. The molecule has 0 aromatic rings. The molecule has 3 nitrogen and oxygen atoms in total. The van der Waals surface area contributed by atoms with E-state index in [2.05, 4.69) is 20.4 Å². The molecule has 0 fully saturated rings. The third kappa shape index (κ3) is 11.1. The second kappa shape index (κ2) is 10.3. The van der Waals surface area contributed by atoms with Gasteiger partial charge >= 0.3 is 5.97 Å². The predicted octanol–water partition coefficient (Wildman–Crippen LogP) is 1.48. The molecule has 51 valence electrons. The van der Waals surface area contributed by atoms with Crippen molar-refractivity contribution in [2.24, 2.45) is 0 Å². The van der Waals surface area contributed by atoms with Gasteiger partial charge in [-0.05, 0) is 6.92 Å². The van der Waals surface area contributed by atoms with Crippen molar-refractivity contribution in [1.29, 1.82) is 0 Å². The maximum absolute atomic E-state index is 10.1. The quantitative estimate of drug-likeness (QED) is 0.337. The van der Waals surface area contributed by atoms with Crippen molar-refractivity contribution in [2.45, 2.75) is 6.92 Å². The summed E-state index contributed by atoms with van der Waals surface area (Å²) in [4.78, 5) is 10.1. The zero-order chi connectivity index (χ0) is 7.70. The second-order valence-electron chi connectivity index (χ2n) is 0.956. The van der Waals surface area contributed by atoms with Crippen LogP contribution in [0.4, 0.5) is 0 Å². The molecule has 0 amide bonds. The smallest absolute Gasteiger partial charge is 0.330 e. The van der Waals surface area contributed by atoms with E-state index in [0.29, 0.717) is 6.61 Å². The Balaban J connectivity index is 0. The van der Waals surface area contributed by atoms with Gasteiger partial charge < -0.3 is 4.74 Å². The number of rotatable bonds is 2. The normalized spacial score (nSPS) is 6.33. The Morgan fingerprint density at radius 2 is 2.22 bits per heavy atom. The van der Waals surface area contributed by atoms with Gasteiger partial charge in [0, 0.05) is 6.08 Å². The fourth-order valence-electron chi connectivity index (χ4n) is 0.201. The number of carbonyl (C=O) groups is 1. The predicted molar refractivity (Wildman–Crippen MR) is 34.4 cm³/mol. The molecule has 0 rings (SSSR count). The van der Waals surface area contributed by atoms with Crippen molar-refractivity contribution in [1.82, 2.24) is 0 Å². The molecule has 0 aliphatic heterocycles. The van der Waals surface area contributed by atoms with Crippen LogP contribution in [0.15, 0.2) is 12.7 Å². The van der Waals surface area contributed by atoms with Gasteiger partial charge in [-0.2, -0.15) is 0 Å². The van der Waals surface area contributed by atoms with E-state index in [9.17, 15) is 4.79 Å². The minimum Gasteiger partial charge on any atom is -0.463 e. The highest BCUT2D eigenvalue weighted by molar-refractivity contribution is 7.00. The zero-order valence-electron chi connectivity index (χ0n) is 5.16. The Bertz CT molecular complexity index is 92.2. The van der Waals surface area contributed by atoms with Crippen molar-refractivity contribution in [2.75, 3.05) is 6.61 Å². The molecule has 0 aromatic heterocycles. The lowest BCUT2D eigenvalue weighted by Crippen LogP contribution is -1.97. The minimum atomic E-state index is -0.359. The fraction of sp³-hybridized carbons (Fsp3) is 0.400. The SMILES string of the molecule is C=CC(=O)OCC.O=[P]. The molecular weight excluding hydrogens is 139 g/mol. The highest BCUT2D eigenvalue weighted by Gasteiger charge is 1.86. The summed E-state index contributed by atoms with van der Waals surface area (Å²) in [6.45, 7) is 5.38. The van der Waals surface area contributed by atoms with Gasteiger partial charge in [-0.25, -0.2) is 4.79 Å². The Hall–Kier alpha value is -0.690. The summed E-state index contributed by atoms with van der Waals surface area (Å²) in [6, 6.07) is 0. The lowest BCUT2D eigenvalue weighted by Gasteiger charge is -1.90. The molecule has 1 radical (unpaired) electrons. The van der Waals surface area contributed by atoms with Gasteiger partial charge in [-0.3, -0.25) is 4.57 Å². The van der Waals surface area contributed by atoms with Crippen LogP contribution < -0.4 is 0 Å². The molecule has 9 heavy (non-hydrogen) atoms. The van der Waals surface area contributed by atoms with Crippen LogP contribution in [0.25, 0.3) is 0 Å². The van der Waals surface area contributed by atoms with Crippen LogP contribution in [0.5, 0.6) is 0 Å². The lowest BCUT2D eigenvalue weighted by molar-refractivity contribution is -0.137. The molecule has 4 heteroatoms. The van der Waals surface area contributed by atoms with E-state index in [4.69, 9.17) is 4.57 Å². The van der Waals surface area contributed by atoms with Crippen molar-refractivity contribution in [3.8, 4) is 0 Å². The Kier molecular flexibility index (Phi) is 12.8. The standard InChI is InChI=1S/C5H8O2.OP/c1-3-5(6)7-4-2;1-2/h3H,1,4H2,2H3;. The molecule has 0 heterocycles. The molecule has 0 spiro atoms. The summed E-state index contributed by atoms with van der Waals surface area (Å²) in [7, 11) is 2.28. The maximum atomic E-state index is 10.1. The van der Waals surface area contributed by atoms with Crippen LogP contribution >= 0.6 is 9.12 Å². The first kappa shape index (κ1) is 11.2. The van der Waals surface area contributed by atoms with Crippen molar-refractivity contribution >= 4 is 15.1 Å². The monoisotopic (exact) mass is 147 g/mol. The second-order valence-corrected chi connectivity index (χ2v) is 0.956. The summed E-state index contributed by atoms with van der Waals surface area (Å²) < 4.78 is 12.4. The van der Waals surface area contributed by atoms with Crippen LogP contribution in [-0.2, 0) is 14.1 Å². The summed E-state index contributed by atoms with van der Waals surface area (Å²) in [5, 5.41) is 0. The molecule has 0 saturated heterocycles. The molecular formula is C5H8O3P. The fourth-order valence-corrected chi connectivity index (χ4v) is 0.201. The van der Waals surface area contributed by atoms with E-state index >= 15 is 0 Å². The van der Waals surface area contributed by atoms with Crippen LogP contribution in [-0.4, -0.2) is 12.6 Å². The summed E-state index contributed by atoms with van der Waals surface area (Å²) in [5.74, 6) is -0.359. The summed E-state index contributed by atoms with van der Waals surface area (Å²) in [6.07, 6.45) is 1.14. The van der Waals surface area contributed by atoms with Gasteiger partial charge in [-0.1, -0.05) is 6.58 Å². The van der Waals surface area contributed by atoms with E-state index in [1.165, 1.54) is 0 Å². The van der Waals surface area contributed by atoms with Gasteiger partial charge in [0.15, 0.2) is 0 Å². The summed E-state index contributed by atoms with van der Waals surface area (Å²) in [5.41, 5.74) is 0. The third-order valence-corrected chi connectivity index (χ3v) is 0.453. The first-order valence-corrected chi connectivity index (χ1v) is 2.65.